The third kappa shape index (κ3) is 9.23. The van der Waals surface area contributed by atoms with Crippen LogP contribution in [0.15, 0.2) is 29.3 Å². The van der Waals surface area contributed by atoms with Gasteiger partial charge in [-0.25, -0.2) is 22.9 Å². The number of fused-ring (bicyclic) bond motifs is 1. The molecule has 1 unspecified atom stereocenters. The molecule has 0 fully saturated rings. The molecule has 0 saturated carbocycles. The fraction of sp³-hybridized carbons (Fsp3) is 0.571. The molecule has 2 heterocycles. The number of unbranched alkanes of at least 4 members (excludes halogenated alkanes) is 1. The van der Waals surface area contributed by atoms with Gasteiger partial charge in [0.05, 0.1) is 6.54 Å². The first-order valence-electron chi connectivity index (χ1n) is 10.7. The van der Waals surface area contributed by atoms with Gasteiger partial charge in [-0.15, -0.1) is 0 Å². The van der Waals surface area contributed by atoms with Crippen LogP contribution < -0.4 is 16.8 Å². The van der Waals surface area contributed by atoms with Gasteiger partial charge in [-0.05, 0) is 56.7 Å². The minimum atomic E-state index is -2.50. The van der Waals surface area contributed by atoms with Crippen LogP contribution in [0.1, 0.15) is 36.9 Å². The molecule has 0 radical (unpaired) electrons. The molecule has 1 aliphatic heterocycles. The molecule has 1 atom stereocenters. The number of oxime groups is 1. The van der Waals surface area contributed by atoms with Crippen molar-refractivity contribution in [2.45, 2.75) is 51.0 Å². The smallest absolute Gasteiger partial charge is 0.351 e. The second kappa shape index (κ2) is 13.7. The average Bonchev–Trinajstić information content (AvgIpc) is 2.79. The number of carbonyl (C=O) groups excluding carboxylic acids is 1. The van der Waals surface area contributed by atoms with Crippen molar-refractivity contribution in [3.63, 3.8) is 0 Å². The first kappa shape index (κ1) is 25.6. The van der Waals surface area contributed by atoms with Gasteiger partial charge < -0.3 is 21.6 Å². The number of aromatic nitrogens is 1. The number of allylic oxidation sites excluding steroid dienone is 1. The summed E-state index contributed by atoms with van der Waals surface area (Å²) in [5.74, 6) is -0.813. The lowest BCUT2D eigenvalue weighted by atomic mass is 10.1. The molecule has 1 aromatic heterocycles. The summed E-state index contributed by atoms with van der Waals surface area (Å²) in [6.45, 7) is 1.16. The summed E-state index contributed by atoms with van der Waals surface area (Å²) in [7, 11) is 0. The lowest BCUT2D eigenvalue weighted by Gasteiger charge is -2.23. The van der Waals surface area contributed by atoms with Crippen LogP contribution in [0.4, 0.5) is 19.0 Å². The van der Waals surface area contributed by atoms with Crippen LogP contribution in [-0.4, -0.2) is 60.7 Å². The predicted octanol–water partition coefficient (Wildman–Crippen LogP) is 2.35. The SMILES string of the molecule is N/C=C(F)\C=N\OC(=O)C(N)CCN(CCCCc1ccc2c(n1)NCCC2)CC(F)F. The maximum Gasteiger partial charge on any atom is 0.351 e. The number of nitrogens with zero attached hydrogens (tertiary/aromatic N) is 3. The molecule has 2 rings (SSSR count). The van der Waals surface area contributed by atoms with E-state index >= 15 is 0 Å². The molecule has 0 amide bonds. The Morgan fingerprint density at radius 3 is 2.91 bits per heavy atom. The van der Waals surface area contributed by atoms with Crippen molar-refractivity contribution >= 4 is 18.0 Å². The van der Waals surface area contributed by atoms with E-state index in [1.807, 2.05) is 6.07 Å². The fourth-order valence-corrected chi connectivity index (χ4v) is 3.32. The molecule has 0 spiro atoms. The van der Waals surface area contributed by atoms with Crippen molar-refractivity contribution in [2.24, 2.45) is 16.6 Å². The number of aryl methyl sites for hydroxylation is 2. The third-order valence-corrected chi connectivity index (χ3v) is 5.04. The summed E-state index contributed by atoms with van der Waals surface area (Å²) in [6, 6.07) is 3.05. The van der Waals surface area contributed by atoms with E-state index in [2.05, 4.69) is 26.4 Å². The summed E-state index contributed by atoms with van der Waals surface area (Å²) in [6.07, 6.45) is 3.28. The van der Waals surface area contributed by atoms with Crippen LogP contribution in [-0.2, 0) is 22.5 Å². The molecule has 11 heteroatoms. The highest BCUT2D eigenvalue weighted by molar-refractivity contribution is 5.78. The fourth-order valence-electron chi connectivity index (χ4n) is 3.32. The van der Waals surface area contributed by atoms with Crippen molar-refractivity contribution in [3.8, 4) is 0 Å². The number of pyridine rings is 1. The highest BCUT2D eigenvalue weighted by Gasteiger charge is 2.19. The van der Waals surface area contributed by atoms with Crippen LogP contribution in [0, 0.1) is 0 Å². The van der Waals surface area contributed by atoms with Gasteiger partial charge in [-0.3, -0.25) is 4.90 Å². The second-order valence-electron chi connectivity index (χ2n) is 7.58. The van der Waals surface area contributed by atoms with Gasteiger partial charge in [0, 0.05) is 25.0 Å². The topological polar surface area (TPSA) is 119 Å². The number of halogens is 3. The van der Waals surface area contributed by atoms with Gasteiger partial charge in [0.2, 0.25) is 0 Å². The molecule has 1 aromatic rings. The highest BCUT2D eigenvalue weighted by Crippen LogP contribution is 2.20. The van der Waals surface area contributed by atoms with Crippen molar-refractivity contribution in [2.75, 3.05) is 31.5 Å². The molecule has 8 nitrogen and oxygen atoms in total. The van der Waals surface area contributed by atoms with Gasteiger partial charge in [-0.2, -0.15) is 0 Å². The molecule has 5 N–H and O–H groups in total. The summed E-state index contributed by atoms with van der Waals surface area (Å²) in [4.78, 5) is 22.4. The zero-order valence-corrected chi connectivity index (χ0v) is 18.0. The summed E-state index contributed by atoms with van der Waals surface area (Å²) in [5, 5.41) is 6.44. The van der Waals surface area contributed by atoms with E-state index in [-0.39, 0.29) is 13.0 Å². The van der Waals surface area contributed by atoms with Gasteiger partial charge in [-0.1, -0.05) is 11.2 Å². The minimum Gasteiger partial charge on any atom is -0.402 e. The Hall–Kier alpha value is -2.66. The maximum atomic E-state index is 12.9. The normalized spacial score (nSPS) is 15.1. The largest absolute Gasteiger partial charge is 0.402 e. The Balaban J connectivity index is 1.74. The Morgan fingerprint density at radius 1 is 1.34 bits per heavy atom. The number of hydrogen-bond acceptors (Lipinski definition) is 8. The number of alkyl halides is 2. The van der Waals surface area contributed by atoms with Crippen LogP contribution in [0.2, 0.25) is 0 Å². The summed E-state index contributed by atoms with van der Waals surface area (Å²) < 4.78 is 38.6. The van der Waals surface area contributed by atoms with Crippen LogP contribution >= 0.6 is 0 Å². The summed E-state index contributed by atoms with van der Waals surface area (Å²) >= 11 is 0. The molecular weight excluding hydrogens is 425 g/mol. The van der Waals surface area contributed by atoms with E-state index in [1.165, 1.54) is 5.56 Å². The molecule has 0 saturated heterocycles. The molecule has 0 bridgehead atoms. The molecule has 32 heavy (non-hydrogen) atoms. The monoisotopic (exact) mass is 456 g/mol. The first-order valence-corrected chi connectivity index (χ1v) is 10.7. The van der Waals surface area contributed by atoms with E-state index in [1.54, 1.807) is 4.90 Å². The van der Waals surface area contributed by atoms with E-state index < -0.39 is 30.8 Å². The van der Waals surface area contributed by atoms with E-state index in [9.17, 15) is 18.0 Å². The van der Waals surface area contributed by atoms with Gasteiger partial charge >= 0.3 is 5.97 Å². The third-order valence-electron chi connectivity index (χ3n) is 5.04. The van der Waals surface area contributed by atoms with E-state index in [4.69, 9.17) is 11.5 Å². The molecule has 0 aromatic carbocycles. The number of nitrogens with one attached hydrogen (secondary N) is 1. The molecule has 178 valence electrons. The van der Waals surface area contributed by atoms with Crippen LogP contribution in [0.3, 0.4) is 0 Å². The lowest BCUT2D eigenvalue weighted by Crippen LogP contribution is -2.38. The predicted molar refractivity (Wildman–Crippen MR) is 117 cm³/mol. The van der Waals surface area contributed by atoms with Gasteiger partial charge in [0.15, 0.2) is 5.83 Å². The zero-order valence-electron chi connectivity index (χ0n) is 18.0. The average molecular weight is 457 g/mol. The second-order valence-corrected chi connectivity index (χ2v) is 7.58. The van der Waals surface area contributed by atoms with Crippen molar-refractivity contribution in [1.29, 1.82) is 0 Å². The summed E-state index contributed by atoms with van der Waals surface area (Å²) in [5.41, 5.74) is 12.8. The van der Waals surface area contributed by atoms with Crippen molar-refractivity contribution < 1.29 is 22.8 Å². The Kier molecular flexibility index (Phi) is 10.9. The standard InChI is InChI=1S/C21H31F3N6O2/c22-16(12-25)13-28-32-21(31)18(26)8-11-30(14-19(23)24)10-2-1-5-17-7-6-15-4-3-9-27-20(15)29-17/h6-7,12-13,18-19H,1-5,8-11,14,25-26H2,(H,27,29)/b16-12+,28-13+. The number of hydrogen-bond donors (Lipinski definition) is 3. The van der Waals surface area contributed by atoms with E-state index in [0.717, 1.165) is 43.7 Å². The van der Waals surface area contributed by atoms with Gasteiger partial charge in [0.25, 0.3) is 6.43 Å². The van der Waals surface area contributed by atoms with Crippen LogP contribution in [0.5, 0.6) is 0 Å². The van der Waals surface area contributed by atoms with Crippen LogP contribution in [0.25, 0.3) is 0 Å². The Labute approximate surface area is 185 Å². The number of nitrogens with two attached hydrogens (primary N) is 2. The highest BCUT2D eigenvalue weighted by atomic mass is 19.3. The van der Waals surface area contributed by atoms with Gasteiger partial charge in [0.1, 0.15) is 18.1 Å². The quantitative estimate of drug-likeness (QED) is 0.180. The van der Waals surface area contributed by atoms with Crippen molar-refractivity contribution in [3.05, 3.63) is 35.4 Å². The molecular formula is C21H31F3N6O2. The Bertz CT molecular complexity index is 791. The zero-order chi connectivity index (χ0) is 23.3. The number of anilines is 1. The number of rotatable bonds is 13. The molecule has 0 aliphatic carbocycles. The number of carbonyl (C=O) groups is 1. The lowest BCUT2D eigenvalue weighted by molar-refractivity contribution is -0.145. The molecule has 1 aliphatic rings. The van der Waals surface area contributed by atoms with E-state index in [0.29, 0.717) is 25.4 Å². The minimum absolute atomic E-state index is 0.105. The maximum absolute atomic E-state index is 12.9. The first-order chi connectivity index (χ1) is 15.4. The Morgan fingerprint density at radius 2 is 2.16 bits per heavy atom. The van der Waals surface area contributed by atoms with Crippen molar-refractivity contribution in [1.82, 2.24) is 9.88 Å².